The summed E-state index contributed by atoms with van der Waals surface area (Å²) in [5, 5.41) is 2.77. The van der Waals surface area contributed by atoms with Crippen molar-refractivity contribution in [2.45, 2.75) is 0 Å². The third kappa shape index (κ3) is 2.25. The molecule has 0 aliphatic heterocycles. The topological polar surface area (TPSA) is 0 Å². The molecule has 0 N–H and O–H groups in total. The zero-order chi connectivity index (χ0) is 9.80. The van der Waals surface area contributed by atoms with Crippen LogP contribution in [0.5, 0.6) is 0 Å². The molecule has 2 aromatic rings. The molecule has 0 amide bonds. The minimum atomic E-state index is -0.296. The number of benzene rings is 2. The average Bonchev–Trinajstić information content (AvgIpc) is 2.30. The summed E-state index contributed by atoms with van der Waals surface area (Å²) < 4.78 is 0. The average molecular weight is 264 g/mol. The maximum absolute atomic E-state index is 3.27. The Balaban J connectivity index is 2.30. The van der Waals surface area contributed by atoms with Crippen LogP contribution in [-0.4, -0.2) is 15.6 Å². The van der Waals surface area contributed by atoms with E-state index in [1.165, 1.54) is 10.6 Å². The molecule has 0 heterocycles. The molecule has 0 unspecified atom stereocenters. The molecular weight excluding hydrogens is 254 g/mol. The van der Waals surface area contributed by atoms with Gasteiger partial charge >= 0.3 is 93.5 Å². The van der Waals surface area contributed by atoms with E-state index in [1.807, 2.05) is 0 Å². The van der Waals surface area contributed by atoms with E-state index in [0.717, 1.165) is 0 Å². The van der Waals surface area contributed by atoms with Crippen LogP contribution in [0.4, 0.5) is 0 Å². The monoisotopic (exact) mass is 265 g/mol. The Morgan fingerprint density at radius 1 is 0.643 bits per heavy atom. The molecule has 0 aliphatic carbocycles. The minimum absolute atomic E-state index is 0.296. The molecule has 2 heteroatoms. The molecule has 0 aliphatic rings. The first-order valence-electron chi connectivity index (χ1n) is 4.45. The van der Waals surface area contributed by atoms with Gasteiger partial charge in [-0.1, -0.05) is 0 Å². The van der Waals surface area contributed by atoms with Crippen LogP contribution >= 0.6 is 6.61 Å². The standard InChI is InChI=1S/C12H10PSe/c14-13(11-7-3-1-4-8-11)12-9-5-2-6-10-12/h1-10H/q-1. The van der Waals surface area contributed by atoms with Crippen LogP contribution in [0.15, 0.2) is 60.7 Å². The van der Waals surface area contributed by atoms with Gasteiger partial charge < -0.3 is 0 Å². The molecule has 0 fully saturated rings. The summed E-state index contributed by atoms with van der Waals surface area (Å²) in [6, 6.07) is 21.2. The van der Waals surface area contributed by atoms with Crippen molar-refractivity contribution in [3.8, 4) is 0 Å². The van der Waals surface area contributed by atoms with Crippen molar-refractivity contribution in [2.24, 2.45) is 0 Å². The Morgan fingerprint density at radius 2 is 1.00 bits per heavy atom. The van der Waals surface area contributed by atoms with Gasteiger partial charge in [-0.25, -0.2) is 0 Å². The van der Waals surface area contributed by atoms with Gasteiger partial charge in [-0.3, -0.25) is 0 Å². The Bertz CT molecular complexity index is 346. The number of hydrogen-bond donors (Lipinski definition) is 0. The Hall–Kier alpha value is -0.611. The fourth-order valence-electron chi connectivity index (χ4n) is 1.28. The van der Waals surface area contributed by atoms with Crippen molar-refractivity contribution in [1.29, 1.82) is 0 Å². The first kappa shape index (κ1) is 9.93. The van der Waals surface area contributed by atoms with Gasteiger partial charge in [0.1, 0.15) is 0 Å². The van der Waals surface area contributed by atoms with Crippen LogP contribution in [0.1, 0.15) is 0 Å². The predicted octanol–water partition coefficient (Wildman–Crippen LogP) is 2.20. The van der Waals surface area contributed by atoms with E-state index in [1.54, 1.807) is 0 Å². The normalized spacial score (nSPS) is 10.4. The molecule has 0 nitrogen and oxygen atoms in total. The molecule has 0 saturated heterocycles. The van der Waals surface area contributed by atoms with E-state index in [9.17, 15) is 0 Å². The second-order valence-electron chi connectivity index (χ2n) is 2.97. The Morgan fingerprint density at radius 3 is 1.36 bits per heavy atom. The quantitative estimate of drug-likeness (QED) is 0.576. The predicted molar refractivity (Wildman–Crippen MR) is 64.8 cm³/mol. The van der Waals surface area contributed by atoms with Crippen LogP contribution in [0.3, 0.4) is 0 Å². The molecular formula is C12H10PSe-. The van der Waals surface area contributed by atoms with Crippen LogP contribution in [0.2, 0.25) is 0 Å². The van der Waals surface area contributed by atoms with E-state index < -0.39 is 0 Å². The molecule has 0 radical (unpaired) electrons. The van der Waals surface area contributed by atoms with Crippen molar-refractivity contribution in [1.82, 2.24) is 0 Å². The molecule has 0 saturated carbocycles. The Kier molecular flexibility index (Phi) is 3.37. The van der Waals surface area contributed by atoms with E-state index in [2.05, 4.69) is 76.2 Å². The van der Waals surface area contributed by atoms with Crippen LogP contribution in [-0.2, 0) is 0 Å². The van der Waals surface area contributed by atoms with Gasteiger partial charge in [-0.2, -0.15) is 0 Å². The molecule has 2 rings (SSSR count). The Labute approximate surface area is 93.5 Å². The summed E-state index contributed by atoms with van der Waals surface area (Å²) in [7, 11) is 0. The van der Waals surface area contributed by atoms with E-state index in [-0.39, 0.29) is 6.61 Å². The summed E-state index contributed by atoms with van der Waals surface area (Å²) in [5.41, 5.74) is 0. The van der Waals surface area contributed by atoms with Crippen molar-refractivity contribution in [3.63, 3.8) is 0 Å². The SMILES string of the molecule is [Se-]P(c1ccccc1)c1ccccc1. The second kappa shape index (κ2) is 4.75. The fraction of sp³-hybridized carbons (Fsp3) is 0. The zero-order valence-corrected chi connectivity index (χ0v) is 10.2. The van der Waals surface area contributed by atoms with Gasteiger partial charge in [-0.15, -0.1) is 0 Å². The number of rotatable bonds is 2. The molecule has 2 aromatic carbocycles. The van der Waals surface area contributed by atoms with Gasteiger partial charge in [0.15, 0.2) is 0 Å². The van der Waals surface area contributed by atoms with E-state index in [4.69, 9.17) is 0 Å². The van der Waals surface area contributed by atoms with Gasteiger partial charge in [0.2, 0.25) is 0 Å². The maximum atomic E-state index is 3.27. The molecule has 70 valence electrons. The summed E-state index contributed by atoms with van der Waals surface area (Å²) in [4.78, 5) is 0. The van der Waals surface area contributed by atoms with E-state index >= 15 is 0 Å². The van der Waals surface area contributed by atoms with Crippen molar-refractivity contribution in [2.75, 3.05) is 0 Å². The summed E-state index contributed by atoms with van der Waals surface area (Å²) in [6.07, 6.45) is 0. The third-order valence-electron chi connectivity index (χ3n) is 1.98. The van der Waals surface area contributed by atoms with Crippen molar-refractivity contribution < 1.29 is 0 Å². The van der Waals surface area contributed by atoms with Gasteiger partial charge in [0, 0.05) is 0 Å². The molecule has 0 aromatic heterocycles. The number of hydrogen-bond acceptors (Lipinski definition) is 0. The van der Waals surface area contributed by atoms with Crippen molar-refractivity contribution >= 4 is 32.8 Å². The summed E-state index contributed by atoms with van der Waals surface area (Å²) in [5.74, 6) is 0. The van der Waals surface area contributed by atoms with E-state index in [0.29, 0.717) is 0 Å². The zero-order valence-electron chi connectivity index (χ0n) is 7.63. The first-order chi connectivity index (χ1) is 6.88. The van der Waals surface area contributed by atoms with Crippen LogP contribution in [0.25, 0.3) is 0 Å². The van der Waals surface area contributed by atoms with Gasteiger partial charge in [0.05, 0.1) is 0 Å². The summed E-state index contributed by atoms with van der Waals surface area (Å²) in [6.45, 7) is -0.296. The fourth-order valence-corrected chi connectivity index (χ4v) is 3.99. The molecule has 0 spiro atoms. The third-order valence-corrected chi connectivity index (χ3v) is 6.17. The van der Waals surface area contributed by atoms with Gasteiger partial charge in [-0.05, 0) is 0 Å². The molecule has 0 bridgehead atoms. The molecule has 0 atom stereocenters. The summed E-state index contributed by atoms with van der Waals surface area (Å²) >= 11 is 3.27. The molecule has 14 heavy (non-hydrogen) atoms. The van der Waals surface area contributed by atoms with Gasteiger partial charge in [0.25, 0.3) is 0 Å². The first-order valence-corrected chi connectivity index (χ1v) is 8.01. The second-order valence-corrected chi connectivity index (χ2v) is 6.89. The van der Waals surface area contributed by atoms with Crippen LogP contribution < -0.4 is 10.6 Å². The van der Waals surface area contributed by atoms with Crippen molar-refractivity contribution in [3.05, 3.63) is 60.7 Å². The van der Waals surface area contributed by atoms with Crippen LogP contribution in [0, 0.1) is 0 Å².